The molecule has 0 saturated heterocycles. The van der Waals surface area contributed by atoms with Crippen molar-refractivity contribution >= 4 is 15.9 Å². The quantitative estimate of drug-likeness (QED) is 0.872. The van der Waals surface area contributed by atoms with Crippen LogP contribution in [0.4, 0.5) is 0 Å². The minimum Gasteiger partial charge on any atom is -0.496 e. The zero-order valence-corrected chi connectivity index (χ0v) is 10.4. The molecular formula is C10H15BrN2O2. The Hall–Kier alpha value is -0.780. The zero-order chi connectivity index (χ0) is 11.4. The lowest BCUT2D eigenvalue weighted by atomic mass is 10.1. The van der Waals surface area contributed by atoms with Crippen molar-refractivity contribution in [1.82, 2.24) is 0 Å². The van der Waals surface area contributed by atoms with Crippen LogP contribution in [0.3, 0.4) is 0 Å². The number of nitrogens with two attached hydrogens (primary N) is 2. The number of ether oxygens (including phenoxy) is 2. The van der Waals surface area contributed by atoms with Gasteiger partial charge in [0.05, 0.1) is 18.7 Å². The molecule has 15 heavy (non-hydrogen) atoms. The summed E-state index contributed by atoms with van der Waals surface area (Å²) in [6.45, 7) is 0.370. The summed E-state index contributed by atoms with van der Waals surface area (Å²) in [5.74, 6) is 1.40. The van der Waals surface area contributed by atoms with Crippen molar-refractivity contribution in [3.63, 3.8) is 0 Å². The van der Waals surface area contributed by atoms with Gasteiger partial charge in [0.15, 0.2) is 0 Å². The van der Waals surface area contributed by atoms with E-state index >= 15 is 0 Å². The van der Waals surface area contributed by atoms with E-state index in [0.29, 0.717) is 18.0 Å². The molecule has 5 heteroatoms. The van der Waals surface area contributed by atoms with Gasteiger partial charge in [-0.1, -0.05) is 0 Å². The van der Waals surface area contributed by atoms with Crippen LogP contribution in [0, 0.1) is 0 Å². The molecule has 0 fully saturated rings. The minimum absolute atomic E-state index is 0.234. The van der Waals surface area contributed by atoms with Gasteiger partial charge >= 0.3 is 0 Å². The Labute approximate surface area is 97.7 Å². The lowest BCUT2D eigenvalue weighted by Gasteiger charge is -2.16. The first-order chi connectivity index (χ1) is 7.13. The summed E-state index contributed by atoms with van der Waals surface area (Å²) >= 11 is 3.39. The molecule has 0 radical (unpaired) electrons. The molecule has 4 N–H and O–H groups in total. The zero-order valence-electron chi connectivity index (χ0n) is 8.79. The highest BCUT2D eigenvalue weighted by Crippen LogP contribution is 2.34. The molecule has 1 atom stereocenters. The fraction of sp³-hybridized carbons (Fsp3) is 0.400. The summed E-state index contributed by atoms with van der Waals surface area (Å²) in [5, 5.41) is 0. The highest BCUT2D eigenvalue weighted by atomic mass is 79.9. The van der Waals surface area contributed by atoms with Crippen LogP contribution in [0.2, 0.25) is 0 Å². The summed E-state index contributed by atoms with van der Waals surface area (Å²) in [6.07, 6.45) is 0. The number of hydrogen-bond acceptors (Lipinski definition) is 4. The first-order valence-corrected chi connectivity index (χ1v) is 5.30. The second kappa shape index (κ2) is 5.34. The van der Waals surface area contributed by atoms with E-state index in [1.807, 2.05) is 6.07 Å². The highest BCUT2D eigenvalue weighted by molar-refractivity contribution is 9.10. The van der Waals surface area contributed by atoms with Crippen molar-refractivity contribution in [1.29, 1.82) is 0 Å². The van der Waals surface area contributed by atoms with Crippen LogP contribution in [0.5, 0.6) is 11.5 Å². The number of methoxy groups -OCH3 is 2. The van der Waals surface area contributed by atoms with Gasteiger partial charge in [0.25, 0.3) is 0 Å². The molecular weight excluding hydrogens is 260 g/mol. The third-order valence-corrected chi connectivity index (χ3v) is 2.78. The van der Waals surface area contributed by atoms with Gasteiger partial charge < -0.3 is 20.9 Å². The van der Waals surface area contributed by atoms with E-state index in [1.165, 1.54) is 0 Å². The van der Waals surface area contributed by atoms with Crippen LogP contribution in [-0.2, 0) is 0 Å². The van der Waals surface area contributed by atoms with Crippen molar-refractivity contribution in [2.45, 2.75) is 6.04 Å². The Morgan fingerprint density at radius 3 is 2.33 bits per heavy atom. The average Bonchev–Trinajstić information content (AvgIpc) is 2.27. The minimum atomic E-state index is -0.234. The van der Waals surface area contributed by atoms with E-state index in [4.69, 9.17) is 20.9 Å². The molecule has 1 aromatic carbocycles. The van der Waals surface area contributed by atoms with Crippen LogP contribution >= 0.6 is 15.9 Å². The molecule has 1 unspecified atom stereocenters. The predicted octanol–water partition coefficient (Wildman–Crippen LogP) is 1.42. The molecule has 4 nitrogen and oxygen atoms in total. The van der Waals surface area contributed by atoms with E-state index in [1.54, 1.807) is 20.3 Å². The molecule has 0 bridgehead atoms. The van der Waals surface area contributed by atoms with Crippen molar-refractivity contribution in [3.05, 3.63) is 22.2 Å². The fourth-order valence-corrected chi connectivity index (χ4v) is 1.82. The summed E-state index contributed by atoms with van der Waals surface area (Å²) in [7, 11) is 3.19. The molecule has 0 aliphatic heterocycles. The van der Waals surface area contributed by atoms with Gasteiger partial charge in [0.2, 0.25) is 0 Å². The van der Waals surface area contributed by atoms with E-state index in [2.05, 4.69) is 15.9 Å². The maximum atomic E-state index is 5.86. The first kappa shape index (κ1) is 12.3. The second-order valence-corrected chi connectivity index (χ2v) is 3.93. The monoisotopic (exact) mass is 274 g/mol. The van der Waals surface area contributed by atoms with E-state index in [0.717, 1.165) is 10.0 Å². The van der Waals surface area contributed by atoms with Crippen LogP contribution in [0.1, 0.15) is 11.6 Å². The summed E-state index contributed by atoms with van der Waals surface area (Å²) in [4.78, 5) is 0. The van der Waals surface area contributed by atoms with Crippen molar-refractivity contribution in [3.8, 4) is 11.5 Å². The van der Waals surface area contributed by atoms with E-state index in [9.17, 15) is 0 Å². The number of hydrogen-bond donors (Lipinski definition) is 2. The number of halogens is 1. The summed E-state index contributed by atoms with van der Waals surface area (Å²) < 4.78 is 11.2. The molecule has 0 saturated carbocycles. The Morgan fingerprint density at radius 1 is 1.27 bits per heavy atom. The van der Waals surface area contributed by atoms with Gasteiger partial charge in [-0.25, -0.2) is 0 Å². The largest absolute Gasteiger partial charge is 0.496 e. The molecule has 0 spiro atoms. The van der Waals surface area contributed by atoms with Gasteiger partial charge in [-0.2, -0.15) is 0 Å². The fourth-order valence-electron chi connectivity index (χ4n) is 1.30. The molecule has 0 aliphatic rings. The second-order valence-electron chi connectivity index (χ2n) is 3.07. The van der Waals surface area contributed by atoms with Gasteiger partial charge in [0.1, 0.15) is 11.5 Å². The third kappa shape index (κ3) is 2.62. The SMILES string of the molecule is COc1cc(OC)c(C(N)CN)cc1Br. The Morgan fingerprint density at radius 2 is 1.87 bits per heavy atom. The molecule has 1 rings (SSSR count). The van der Waals surface area contributed by atoms with E-state index < -0.39 is 0 Å². The maximum absolute atomic E-state index is 5.86. The normalized spacial score (nSPS) is 12.3. The Bertz CT molecular complexity index is 344. The molecule has 1 aromatic rings. The van der Waals surface area contributed by atoms with Crippen LogP contribution in [-0.4, -0.2) is 20.8 Å². The van der Waals surface area contributed by atoms with Gasteiger partial charge in [-0.15, -0.1) is 0 Å². The lowest BCUT2D eigenvalue weighted by molar-refractivity contribution is 0.387. The lowest BCUT2D eigenvalue weighted by Crippen LogP contribution is -2.21. The van der Waals surface area contributed by atoms with Gasteiger partial charge in [-0.05, 0) is 22.0 Å². The molecule has 0 amide bonds. The van der Waals surface area contributed by atoms with Crippen LogP contribution in [0.25, 0.3) is 0 Å². The predicted molar refractivity (Wildman–Crippen MR) is 63.2 cm³/mol. The summed E-state index contributed by atoms with van der Waals surface area (Å²) in [6, 6.07) is 3.42. The molecule has 0 heterocycles. The standard InChI is InChI=1S/C10H15BrN2O2/c1-14-9-4-10(15-2)7(11)3-6(9)8(13)5-12/h3-4,8H,5,12-13H2,1-2H3. The average molecular weight is 275 g/mol. The topological polar surface area (TPSA) is 70.5 Å². The smallest absolute Gasteiger partial charge is 0.136 e. The first-order valence-electron chi connectivity index (χ1n) is 4.51. The van der Waals surface area contributed by atoms with Gasteiger partial charge in [0, 0.05) is 24.2 Å². The third-order valence-electron chi connectivity index (χ3n) is 2.16. The Kier molecular flexibility index (Phi) is 4.38. The van der Waals surface area contributed by atoms with E-state index in [-0.39, 0.29) is 6.04 Å². The van der Waals surface area contributed by atoms with Crippen LogP contribution in [0.15, 0.2) is 16.6 Å². The van der Waals surface area contributed by atoms with Crippen molar-refractivity contribution in [2.24, 2.45) is 11.5 Å². The highest BCUT2D eigenvalue weighted by Gasteiger charge is 2.14. The van der Waals surface area contributed by atoms with Crippen molar-refractivity contribution < 1.29 is 9.47 Å². The number of rotatable bonds is 4. The van der Waals surface area contributed by atoms with Crippen molar-refractivity contribution in [2.75, 3.05) is 20.8 Å². The molecule has 0 aromatic heterocycles. The number of benzene rings is 1. The summed E-state index contributed by atoms with van der Waals surface area (Å²) in [5.41, 5.74) is 12.3. The Balaban J connectivity index is 3.21. The molecule has 84 valence electrons. The van der Waals surface area contributed by atoms with Crippen LogP contribution < -0.4 is 20.9 Å². The van der Waals surface area contributed by atoms with Gasteiger partial charge in [-0.3, -0.25) is 0 Å². The maximum Gasteiger partial charge on any atom is 0.136 e. The molecule has 0 aliphatic carbocycles.